The van der Waals surface area contributed by atoms with Gasteiger partial charge in [0.1, 0.15) is 5.01 Å². The van der Waals surface area contributed by atoms with Crippen LogP contribution in [0.3, 0.4) is 0 Å². The third kappa shape index (κ3) is 2.98. The monoisotopic (exact) mass is 361 g/mol. The van der Waals surface area contributed by atoms with E-state index in [1.165, 1.54) is 11.3 Å². The molecular weight excluding hydrogens is 346 g/mol. The minimum atomic E-state index is -0.292. The first-order valence-electron chi connectivity index (χ1n) is 8.33. The molecule has 0 amide bonds. The van der Waals surface area contributed by atoms with Gasteiger partial charge in [-0.2, -0.15) is 5.26 Å². The number of carbonyl (C=O) groups excluding carboxylic acids is 2. The minimum Gasteiger partial charge on any atom is -0.335 e. The molecule has 1 atom stereocenters. The second-order valence-corrected chi connectivity index (χ2v) is 7.34. The standard InChI is InChI=1S/C20H15N3O2S/c21-11-13-3-5-14(6-4-13)19-12-22-20(26-19)10-18(25)16-7-8-17(24)15-2-1-9-23(15)16/h1-6,9,12,16H,7-8,10H2. The van der Waals surface area contributed by atoms with Crippen molar-refractivity contribution in [2.45, 2.75) is 25.3 Å². The van der Waals surface area contributed by atoms with E-state index in [4.69, 9.17) is 5.26 Å². The van der Waals surface area contributed by atoms with Crippen molar-refractivity contribution in [3.05, 3.63) is 65.1 Å². The van der Waals surface area contributed by atoms with Crippen molar-refractivity contribution in [3.8, 4) is 16.5 Å². The molecule has 0 bridgehead atoms. The molecule has 5 nitrogen and oxygen atoms in total. The normalized spacial score (nSPS) is 16.1. The summed E-state index contributed by atoms with van der Waals surface area (Å²) in [6.45, 7) is 0. The highest BCUT2D eigenvalue weighted by atomic mass is 32.1. The lowest BCUT2D eigenvalue weighted by Crippen LogP contribution is -2.28. The summed E-state index contributed by atoms with van der Waals surface area (Å²) in [7, 11) is 0. The number of fused-ring (bicyclic) bond motifs is 1. The number of nitrogens with zero attached hydrogens (tertiary/aromatic N) is 3. The van der Waals surface area contributed by atoms with Crippen molar-refractivity contribution in [1.82, 2.24) is 9.55 Å². The second kappa shape index (κ2) is 6.70. The van der Waals surface area contributed by atoms with Gasteiger partial charge in [-0.05, 0) is 36.2 Å². The van der Waals surface area contributed by atoms with Crippen LogP contribution in [0, 0.1) is 11.3 Å². The van der Waals surface area contributed by atoms with Crippen molar-refractivity contribution in [2.75, 3.05) is 0 Å². The van der Waals surface area contributed by atoms with Crippen LogP contribution in [0.25, 0.3) is 10.4 Å². The predicted octanol–water partition coefficient (Wildman–Crippen LogP) is 3.81. The molecule has 1 aromatic carbocycles. The van der Waals surface area contributed by atoms with Gasteiger partial charge in [0.25, 0.3) is 0 Å². The molecule has 2 aromatic heterocycles. The molecule has 0 N–H and O–H groups in total. The van der Waals surface area contributed by atoms with Crippen molar-refractivity contribution < 1.29 is 9.59 Å². The van der Waals surface area contributed by atoms with Gasteiger partial charge in [-0.1, -0.05) is 12.1 Å². The number of rotatable bonds is 4. The van der Waals surface area contributed by atoms with Crippen LogP contribution in [0.4, 0.5) is 0 Å². The molecule has 0 fully saturated rings. The van der Waals surface area contributed by atoms with E-state index in [0.29, 0.717) is 24.1 Å². The summed E-state index contributed by atoms with van der Waals surface area (Å²) < 4.78 is 1.79. The van der Waals surface area contributed by atoms with Crippen molar-refractivity contribution in [3.63, 3.8) is 0 Å². The Balaban J connectivity index is 1.51. The van der Waals surface area contributed by atoms with Crippen molar-refractivity contribution in [2.24, 2.45) is 0 Å². The molecule has 0 spiro atoms. The van der Waals surface area contributed by atoms with E-state index in [2.05, 4.69) is 11.1 Å². The average Bonchev–Trinajstić information content (AvgIpc) is 3.32. The van der Waals surface area contributed by atoms with Crippen LogP contribution in [0.15, 0.2) is 48.8 Å². The van der Waals surface area contributed by atoms with Gasteiger partial charge in [-0.3, -0.25) is 9.59 Å². The lowest BCUT2D eigenvalue weighted by atomic mass is 9.97. The van der Waals surface area contributed by atoms with E-state index in [9.17, 15) is 9.59 Å². The lowest BCUT2D eigenvalue weighted by Gasteiger charge is -2.24. The highest BCUT2D eigenvalue weighted by Gasteiger charge is 2.29. The van der Waals surface area contributed by atoms with Gasteiger partial charge >= 0.3 is 0 Å². The van der Waals surface area contributed by atoms with Crippen LogP contribution in [0.2, 0.25) is 0 Å². The van der Waals surface area contributed by atoms with E-state index in [1.807, 2.05) is 18.2 Å². The molecule has 1 aliphatic heterocycles. The zero-order chi connectivity index (χ0) is 18.1. The van der Waals surface area contributed by atoms with Gasteiger partial charge in [0.05, 0.1) is 34.7 Å². The number of Topliss-reactive ketones (excluding diaryl/α,β-unsaturated/α-hetero) is 2. The number of benzene rings is 1. The number of ketones is 2. The zero-order valence-corrected chi connectivity index (χ0v) is 14.7. The molecule has 3 heterocycles. The van der Waals surface area contributed by atoms with Gasteiger partial charge < -0.3 is 4.57 Å². The summed E-state index contributed by atoms with van der Waals surface area (Å²) in [6.07, 6.45) is 4.79. The van der Waals surface area contributed by atoms with Gasteiger partial charge in [-0.15, -0.1) is 11.3 Å². The molecule has 128 valence electrons. The third-order valence-corrected chi connectivity index (χ3v) is 5.64. The Kier molecular flexibility index (Phi) is 4.23. The maximum atomic E-state index is 12.8. The molecule has 6 heteroatoms. The summed E-state index contributed by atoms with van der Waals surface area (Å²) in [6, 6.07) is 12.7. The van der Waals surface area contributed by atoms with Crippen LogP contribution in [-0.4, -0.2) is 21.1 Å². The largest absolute Gasteiger partial charge is 0.335 e. The Morgan fingerprint density at radius 3 is 2.88 bits per heavy atom. The number of hydrogen-bond donors (Lipinski definition) is 0. The summed E-state index contributed by atoms with van der Waals surface area (Å²) in [5.74, 6) is 0.173. The quantitative estimate of drug-likeness (QED) is 0.708. The second-order valence-electron chi connectivity index (χ2n) is 6.23. The van der Waals surface area contributed by atoms with E-state index in [-0.39, 0.29) is 24.0 Å². The lowest BCUT2D eigenvalue weighted by molar-refractivity contribution is -0.121. The Morgan fingerprint density at radius 1 is 1.31 bits per heavy atom. The first-order valence-corrected chi connectivity index (χ1v) is 9.15. The highest BCUT2D eigenvalue weighted by molar-refractivity contribution is 7.15. The van der Waals surface area contributed by atoms with Gasteiger partial charge in [0.15, 0.2) is 11.6 Å². The third-order valence-electron chi connectivity index (χ3n) is 4.59. The number of carbonyl (C=O) groups is 2. The molecule has 0 aliphatic carbocycles. The van der Waals surface area contributed by atoms with Crippen molar-refractivity contribution >= 4 is 22.9 Å². The number of nitriles is 1. The summed E-state index contributed by atoms with van der Waals surface area (Å²) in [5.41, 5.74) is 2.21. The SMILES string of the molecule is N#Cc1ccc(-c2cnc(CC(=O)C3CCC(=O)c4cccn43)s2)cc1. The summed E-state index contributed by atoms with van der Waals surface area (Å²) in [5, 5.41) is 9.64. The topological polar surface area (TPSA) is 75.8 Å². The van der Waals surface area contributed by atoms with E-state index >= 15 is 0 Å². The smallest absolute Gasteiger partial charge is 0.179 e. The average molecular weight is 361 g/mol. The fourth-order valence-corrected chi connectivity index (χ4v) is 4.19. The number of hydrogen-bond acceptors (Lipinski definition) is 5. The molecular formula is C20H15N3O2S. The molecule has 4 rings (SSSR count). The fraction of sp³-hybridized carbons (Fsp3) is 0.200. The summed E-state index contributed by atoms with van der Waals surface area (Å²) >= 11 is 1.48. The molecule has 26 heavy (non-hydrogen) atoms. The maximum Gasteiger partial charge on any atom is 0.179 e. The minimum absolute atomic E-state index is 0.0793. The van der Waals surface area contributed by atoms with Crippen LogP contribution >= 0.6 is 11.3 Å². The van der Waals surface area contributed by atoms with Crippen molar-refractivity contribution in [1.29, 1.82) is 5.26 Å². The Hall–Kier alpha value is -3.04. The number of aromatic nitrogens is 2. The molecule has 1 unspecified atom stereocenters. The van der Waals surface area contributed by atoms with Crippen LogP contribution in [0.5, 0.6) is 0 Å². The molecule has 3 aromatic rings. The first-order chi connectivity index (χ1) is 12.7. The van der Waals surface area contributed by atoms with E-state index < -0.39 is 0 Å². The Bertz CT molecular complexity index is 1020. The molecule has 1 aliphatic rings. The number of thiazole rings is 1. The van der Waals surface area contributed by atoms with Crippen LogP contribution < -0.4 is 0 Å². The molecule has 0 radical (unpaired) electrons. The first kappa shape index (κ1) is 16.4. The van der Waals surface area contributed by atoms with E-state index in [1.54, 1.807) is 35.2 Å². The van der Waals surface area contributed by atoms with Gasteiger partial charge in [0.2, 0.25) is 0 Å². The molecule has 0 saturated carbocycles. The summed E-state index contributed by atoms with van der Waals surface area (Å²) in [4.78, 5) is 30.0. The van der Waals surface area contributed by atoms with Gasteiger partial charge in [-0.25, -0.2) is 4.98 Å². The Morgan fingerprint density at radius 2 is 2.12 bits per heavy atom. The van der Waals surface area contributed by atoms with Crippen LogP contribution in [-0.2, 0) is 11.2 Å². The molecule has 0 saturated heterocycles. The Labute approximate surface area is 154 Å². The highest BCUT2D eigenvalue weighted by Crippen LogP contribution is 2.30. The predicted molar refractivity (Wildman–Crippen MR) is 98.0 cm³/mol. The van der Waals surface area contributed by atoms with Crippen LogP contribution in [0.1, 0.15) is 39.9 Å². The maximum absolute atomic E-state index is 12.8. The van der Waals surface area contributed by atoms with E-state index in [0.717, 1.165) is 15.4 Å². The fourth-order valence-electron chi connectivity index (χ4n) is 3.25. The zero-order valence-electron chi connectivity index (χ0n) is 13.9. The van der Waals surface area contributed by atoms with Gasteiger partial charge in [0, 0.05) is 18.8 Å².